The van der Waals surface area contributed by atoms with Gasteiger partial charge in [0.1, 0.15) is 0 Å². The first-order valence-electron chi connectivity index (χ1n) is 6.32. The molecule has 3 aromatic carbocycles. The summed E-state index contributed by atoms with van der Waals surface area (Å²) in [6.45, 7) is 0. The molecule has 0 atom stereocenters. The SMILES string of the molecule is Nc1cc2c3c(c(Cl)ccc3c1)-c1ccccc1C2=O. The van der Waals surface area contributed by atoms with Crippen LogP contribution in [0.3, 0.4) is 0 Å². The van der Waals surface area contributed by atoms with Gasteiger partial charge in [0.25, 0.3) is 0 Å². The lowest BCUT2D eigenvalue weighted by Crippen LogP contribution is -2.10. The van der Waals surface area contributed by atoms with E-state index in [2.05, 4.69) is 0 Å². The third kappa shape index (κ3) is 1.37. The van der Waals surface area contributed by atoms with E-state index in [1.54, 1.807) is 6.07 Å². The molecule has 0 amide bonds. The largest absolute Gasteiger partial charge is 0.399 e. The Morgan fingerprint density at radius 1 is 0.900 bits per heavy atom. The van der Waals surface area contributed by atoms with Crippen molar-refractivity contribution in [1.82, 2.24) is 0 Å². The van der Waals surface area contributed by atoms with E-state index in [9.17, 15) is 4.79 Å². The highest BCUT2D eigenvalue weighted by atomic mass is 35.5. The highest BCUT2D eigenvalue weighted by Crippen LogP contribution is 2.43. The minimum Gasteiger partial charge on any atom is -0.399 e. The fourth-order valence-electron chi connectivity index (χ4n) is 2.95. The summed E-state index contributed by atoms with van der Waals surface area (Å²) in [5.74, 6) is 0.00710. The van der Waals surface area contributed by atoms with Crippen LogP contribution in [0, 0.1) is 0 Å². The fourth-order valence-corrected chi connectivity index (χ4v) is 3.21. The summed E-state index contributed by atoms with van der Waals surface area (Å²) in [5, 5.41) is 2.50. The third-order valence-corrected chi connectivity index (χ3v) is 4.09. The number of anilines is 1. The molecule has 20 heavy (non-hydrogen) atoms. The average Bonchev–Trinajstić information content (AvgIpc) is 2.45. The van der Waals surface area contributed by atoms with E-state index < -0.39 is 0 Å². The molecule has 0 saturated heterocycles. The number of nitrogen functional groups attached to an aromatic ring is 1. The van der Waals surface area contributed by atoms with Crippen LogP contribution in [0.1, 0.15) is 15.9 Å². The predicted molar refractivity (Wildman–Crippen MR) is 82.2 cm³/mol. The van der Waals surface area contributed by atoms with Crippen molar-refractivity contribution in [2.75, 3.05) is 5.73 Å². The van der Waals surface area contributed by atoms with Gasteiger partial charge in [0, 0.05) is 32.8 Å². The first-order chi connectivity index (χ1) is 9.66. The van der Waals surface area contributed by atoms with E-state index in [4.69, 9.17) is 17.3 Å². The van der Waals surface area contributed by atoms with Crippen LogP contribution >= 0.6 is 11.6 Å². The summed E-state index contributed by atoms with van der Waals surface area (Å²) in [6, 6.07) is 14.9. The van der Waals surface area contributed by atoms with Gasteiger partial charge in [-0.2, -0.15) is 0 Å². The van der Waals surface area contributed by atoms with Crippen molar-refractivity contribution in [3.8, 4) is 11.1 Å². The second-order valence-corrected chi connectivity index (χ2v) is 5.37. The van der Waals surface area contributed by atoms with Gasteiger partial charge in [-0.05, 0) is 29.1 Å². The first-order valence-corrected chi connectivity index (χ1v) is 6.70. The lowest BCUT2D eigenvalue weighted by Gasteiger charge is -2.21. The zero-order chi connectivity index (χ0) is 13.9. The van der Waals surface area contributed by atoms with Gasteiger partial charge in [0.15, 0.2) is 5.78 Å². The van der Waals surface area contributed by atoms with E-state index >= 15 is 0 Å². The monoisotopic (exact) mass is 279 g/mol. The number of hydrogen-bond acceptors (Lipinski definition) is 2. The Balaban J connectivity index is 2.30. The average molecular weight is 280 g/mol. The Hall–Kier alpha value is -2.32. The lowest BCUT2D eigenvalue weighted by molar-refractivity contribution is 0.104. The quantitative estimate of drug-likeness (QED) is 0.488. The molecule has 0 unspecified atom stereocenters. The lowest BCUT2D eigenvalue weighted by atomic mass is 9.82. The van der Waals surface area contributed by atoms with Crippen molar-refractivity contribution in [2.24, 2.45) is 0 Å². The molecule has 0 aromatic heterocycles. The van der Waals surface area contributed by atoms with Crippen LogP contribution in [0.5, 0.6) is 0 Å². The molecule has 0 aliphatic heterocycles. The van der Waals surface area contributed by atoms with Crippen molar-refractivity contribution in [3.63, 3.8) is 0 Å². The van der Waals surface area contributed by atoms with Crippen LogP contribution < -0.4 is 5.73 Å². The molecule has 0 bridgehead atoms. The molecule has 2 N–H and O–H groups in total. The van der Waals surface area contributed by atoms with Gasteiger partial charge in [-0.25, -0.2) is 0 Å². The molecule has 0 heterocycles. The molecule has 0 fully saturated rings. The number of carbonyl (C=O) groups excluding carboxylic acids is 1. The summed E-state index contributed by atoms with van der Waals surface area (Å²) < 4.78 is 0. The van der Waals surface area contributed by atoms with Gasteiger partial charge >= 0.3 is 0 Å². The maximum atomic E-state index is 12.7. The number of fused-ring (bicyclic) bond motifs is 2. The second kappa shape index (κ2) is 3.84. The Bertz CT molecular complexity index is 899. The standard InChI is InChI=1S/C17H10ClNO/c18-14-6-5-9-7-10(19)8-13-15(9)16(14)11-3-1-2-4-12(11)17(13)20/h1-8H,19H2. The van der Waals surface area contributed by atoms with Crippen molar-refractivity contribution in [1.29, 1.82) is 0 Å². The van der Waals surface area contributed by atoms with Gasteiger partial charge < -0.3 is 5.73 Å². The van der Waals surface area contributed by atoms with Crippen LogP contribution in [-0.4, -0.2) is 5.78 Å². The second-order valence-electron chi connectivity index (χ2n) is 4.96. The number of hydrogen-bond donors (Lipinski definition) is 1. The predicted octanol–water partition coefficient (Wildman–Crippen LogP) is 4.29. The molecule has 1 aliphatic rings. The number of halogens is 1. The molecular formula is C17H10ClNO. The minimum atomic E-state index is 0.00710. The van der Waals surface area contributed by atoms with Crippen LogP contribution in [0.4, 0.5) is 5.69 Å². The zero-order valence-corrected chi connectivity index (χ0v) is 11.2. The molecule has 3 aromatic rings. The van der Waals surface area contributed by atoms with Crippen molar-refractivity contribution >= 4 is 33.8 Å². The van der Waals surface area contributed by atoms with E-state index in [1.807, 2.05) is 42.5 Å². The Morgan fingerprint density at radius 3 is 2.45 bits per heavy atom. The van der Waals surface area contributed by atoms with E-state index in [0.717, 1.165) is 21.9 Å². The molecular weight excluding hydrogens is 270 g/mol. The van der Waals surface area contributed by atoms with E-state index in [-0.39, 0.29) is 5.78 Å². The van der Waals surface area contributed by atoms with Crippen LogP contribution in [-0.2, 0) is 0 Å². The molecule has 96 valence electrons. The zero-order valence-electron chi connectivity index (χ0n) is 10.5. The van der Waals surface area contributed by atoms with Crippen LogP contribution in [0.2, 0.25) is 5.02 Å². The topological polar surface area (TPSA) is 43.1 Å². The van der Waals surface area contributed by atoms with Crippen molar-refractivity contribution in [3.05, 3.63) is 64.7 Å². The number of carbonyl (C=O) groups is 1. The van der Waals surface area contributed by atoms with Gasteiger partial charge in [-0.3, -0.25) is 4.79 Å². The van der Waals surface area contributed by atoms with Crippen molar-refractivity contribution < 1.29 is 4.79 Å². The Kier molecular flexibility index (Phi) is 2.21. The summed E-state index contributed by atoms with van der Waals surface area (Å²) in [4.78, 5) is 12.7. The van der Waals surface area contributed by atoms with E-state index in [0.29, 0.717) is 21.8 Å². The summed E-state index contributed by atoms with van der Waals surface area (Å²) >= 11 is 6.38. The third-order valence-electron chi connectivity index (χ3n) is 3.77. The number of benzene rings is 3. The normalized spacial score (nSPS) is 12.6. The fraction of sp³-hybridized carbons (Fsp3) is 0. The summed E-state index contributed by atoms with van der Waals surface area (Å²) in [6.07, 6.45) is 0. The van der Waals surface area contributed by atoms with E-state index in [1.165, 1.54) is 0 Å². The van der Waals surface area contributed by atoms with Crippen LogP contribution in [0.25, 0.3) is 21.9 Å². The van der Waals surface area contributed by atoms with Gasteiger partial charge in [-0.1, -0.05) is 41.9 Å². The summed E-state index contributed by atoms with van der Waals surface area (Å²) in [5.41, 5.74) is 9.64. The Morgan fingerprint density at radius 2 is 1.65 bits per heavy atom. The number of ketones is 1. The highest BCUT2D eigenvalue weighted by molar-refractivity contribution is 6.38. The molecule has 4 rings (SSSR count). The molecule has 0 spiro atoms. The minimum absolute atomic E-state index is 0.00710. The number of rotatable bonds is 0. The first kappa shape index (κ1) is 11.5. The molecule has 0 saturated carbocycles. The van der Waals surface area contributed by atoms with Gasteiger partial charge in [0.2, 0.25) is 0 Å². The molecule has 3 heteroatoms. The molecule has 2 nitrogen and oxygen atoms in total. The summed E-state index contributed by atoms with van der Waals surface area (Å²) in [7, 11) is 0. The maximum Gasteiger partial charge on any atom is 0.194 e. The Labute approximate surface area is 120 Å². The van der Waals surface area contributed by atoms with Gasteiger partial charge in [-0.15, -0.1) is 0 Å². The molecule has 1 aliphatic carbocycles. The van der Waals surface area contributed by atoms with Crippen LogP contribution in [0.15, 0.2) is 48.5 Å². The smallest absolute Gasteiger partial charge is 0.194 e. The highest BCUT2D eigenvalue weighted by Gasteiger charge is 2.26. The number of nitrogens with two attached hydrogens (primary N) is 1. The molecule has 0 radical (unpaired) electrons. The maximum absolute atomic E-state index is 12.7. The van der Waals surface area contributed by atoms with Crippen molar-refractivity contribution in [2.45, 2.75) is 0 Å². The van der Waals surface area contributed by atoms with Gasteiger partial charge in [0.05, 0.1) is 0 Å².